The molecule has 0 saturated carbocycles. The molecule has 144 valence electrons. The van der Waals surface area contributed by atoms with Crippen molar-refractivity contribution in [3.63, 3.8) is 0 Å². The molecule has 0 aliphatic rings. The second kappa shape index (κ2) is 10.4. The van der Waals surface area contributed by atoms with Crippen LogP contribution in [-0.4, -0.2) is 24.9 Å². The third-order valence-electron chi connectivity index (χ3n) is 3.93. The van der Waals surface area contributed by atoms with E-state index in [-0.39, 0.29) is 17.6 Å². The first-order chi connectivity index (χ1) is 13.0. The number of ketones is 1. The molecule has 0 fully saturated rings. The molecule has 2 rings (SSSR count). The van der Waals surface area contributed by atoms with E-state index in [9.17, 15) is 9.59 Å². The maximum absolute atomic E-state index is 12.0. The largest absolute Gasteiger partial charge is 0.494 e. The maximum atomic E-state index is 12.0. The van der Waals surface area contributed by atoms with Gasteiger partial charge in [-0.2, -0.15) is 0 Å². The van der Waals surface area contributed by atoms with Crippen molar-refractivity contribution in [2.45, 2.75) is 33.6 Å². The third-order valence-corrected chi connectivity index (χ3v) is 3.93. The number of nitrogens with one attached hydrogen (secondary N) is 1. The summed E-state index contributed by atoms with van der Waals surface area (Å²) in [5, 5.41) is 2.84. The molecule has 27 heavy (non-hydrogen) atoms. The number of ether oxygens (including phenoxy) is 2. The minimum absolute atomic E-state index is 0.0409. The number of Topliss-reactive ketones (excluding diaryl/α,β-unsaturated/α-hetero) is 1. The standard InChI is InChI=1S/C22H27NO4/c1-4-26-19-11-13-20(14-12-19)27-15-5-6-21(24)23-18-9-7-17(8-10-18)22(25)16(2)3/h7-14,16H,4-6,15H2,1-3H3,(H,23,24). The van der Waals surface area contributed by atoms with Crippen molar-refractivity contribution in [3.05, 3.63) is 54.1 Å². The Labute approximate surface area is 160 Å². The lowest BCUT2D eigenvalue weighted by Crippen LogP contribution is -2.13. The van der Waals surface area contributed by atoms with Crippen molar-refractivity contribution >= 4 is 17.4 Å². The Morgan fingerprint density at radius 2 is 1.52 bits per heavy atom. The SMILES string of the molecule is CCOc1ccc(OCCCC(=O)Nc2ccc(C(=O)C(C)C)cc2)cc1. The summed E-state index contributed by atoms with van der Waals surface area (Å²) in [6.45, 7) is 6.77. The third kappa shape index (κ3) is 6.77. The van der Waals surface area contributed by atoms with Crippen LogP contribution in [0.4, 0.5) is 5.69 Å². The van der Waals surface area contributed by atoms with Crippen molar-refractivity contribution in [2.75, 3.05) is 18.5 Å². The number of carbonyl (C=O) groups excluding carboxylic acids is 2. The average molecular weight is 369 g/mol. The Balaban J connectivity index is 1.70. The summed E-state index contributed by atoms with van der Waals surface area (Å²) in [4.78, 5) is 23.9. The Morgan fingerprint density at radius 3 is 2.07 bits per heavy atom. The van der Waals surface area contributed by atoms with Crippen LogP contribution in [0.3, 0.4) is 0 Å². The lowest BCUT2D eigenvalue weighted by Gasteiger charge is -2.09. The summed E-state index contributed by atoms with van der Waals surface area (Å²) >= 11 is 0. The van der Waals surface area contributed by atoms with Crippen molar-refractivity contribution in [1.29, 1.82) is 0 Å². The van der Waals surface area contributed by atoms with E-state index in [1.54, 1.807) is 24.3 Å². The van der Waals surface area contributed by atoms with Gasteiger partial charge in [-0.1, -0.05) is 13.8 Å². The van der Waals surface area contributed by atoms with Crippen LogP contribution in [0.5, 0.6) is 11.5 Å². The van der Waals surface area contributed by atoms with Gasteiger partial charge in [0.15, 0.2) is 5.78 Å². The molecule has 0 spiro atoms. The van der Waals surface area contributed by atoms with Crippen LogP contribution >= 0.6 is 0 Å². The average Bonchev–Trinajstić information content (AvgIpc) is 2.66. The van der Waals surface area contributed by atoms with E-state index in [0.29, 0.717) is 37.3 Å². The molecule has 0 saturated heterocycles. The molecule has 5 nitrogen and oxygen atoms in total. The number of hydrogen-bond acceptors (Lipinski definition) is 4. The number of anilines is 1. The maximum Gasteiger partial charge on any atom is 0.224 e. The van der Waals surface area contributed by atoms with Crippen LogP contribution in [0.15, 0.2) is 48.5 Å². The van der Waals surface area contributed by atoms with Gasteiger partial charge in [0.1, 0.15) is 11.5 Å². The van der Waals surface area contributed by atoms with E-state index in [2.05, 4.69) is 5.32 Å². The molecule has 0 bridgehead atoms. The van der Waals surface area contributed by atoms with E-state index >= 15 is 0 Å². The summed E-state index contributed by atoms with van der Waals surface area (Å²) in [7, 11) is 0. The van der Waals surface area contributed by atoms with Gasteiger partial charge in [-0.3, -0.25) is 9.59 Å². The van der Waals surface area contributed by atoms with Gasteiger partial charge in [0.25, 0.3) is 0 Å². The fraction of sp³-hybridized carbons (Fsp3) is 0.364. The second-order valence-electron chi connectivity index (χ2n) is 6.50. The van der Waals surface area contributed by atoms with Gasteiger partial charge in [-0.05, 0) is 61.9 Å². The zero-order chi connectivity index (χ0) is 19.6. The zero-order valence-electron chi connectivity index (χ0n) is 16.2. The summed E-state index contributed by atoms with van der Waals surface area (Å²) in [6.07, 6.45) is 0.979. The van der Waals surface area contributed by atoms with E-state index in [1.807, 2.05) is 45.0 Å². The van der Waals surface area contributed by atoms with E-state index in [1.165, 1.54) is 0 Å². The van der Waals surface area contributed by atoms with Gasteiger partial charge in [-0.15, -0.1) is 0 Å². The summed E-state index contributed by atoms with van der Waals surface area (Å²) in [6, 6.07) is 14.4. The van der Waals surface area contributed by atoms with Crippen LogP contribution in [0, 0.1) is 5.92 Å². The molecule has 0 radical (unpaired) electrons. The zero-order valence-corrected chi connectivity index (χ0v) is 16.2. The Morgan fingerprint density at radius 1 is 0.926 bits per heavy atom. The minimum atomic E-state index is -0.0757. The number of rotatable bonds is 10. The first-order valence-corrected chi connectivity index (χ1v) is 9.29. The van der Waals surface area contributed by atoms with Crippen molar-refractivity contribution in [2.24, 2.45) is 5.92 Å². The normalized spacial score (nSPS) is 10.5. The van der Waals surface area contributed by atoms with Gasteiger partial charge in [0, 0.05) is 23.6 Å². The highest BCUT2D eigenvalue weighted by molar-refractivity contribution is 5.98. The molecule has 0 aliphatic heterocycles. The highest BCUT2D eigenvalue weighted by Crippen LogP contribution is 2.18. The summed E-state index contributed by atoms with van der Waals surface area (Å²) in [5.41, 5.74) is 1.35. The lowest BCUT2D eigenvalue weighted by atomic mass is 10.0. The summed E-state index contributed by atoms with van der Waals surface area (Å²) < 4.78 is 11.0. The fourth-order valence-corrected chi connectivity index (χ4v) is 2.50. The highest BCUT2D eigenvalue weighted by Gasteiger charge is 2.10. The van der Waals surface area contributed by atoms with Crippen LogP contribution in [0.25, 0.3) is 0 Å². The molecular weight excluding hydrogens is 342 g/mol. The molecule has 1 amide bonds. The van der Waals surface area contributed by atoms with E-state index < -0.39 is 0 Å². The van der Waals surface area contributed by atoms with E-state index in [0.717, 1.165) is 11.5 Å². The smallest absolute Gasteiger partial charge is 0.224 e. The Bertz CT molecular complexity index is 736. The Kier molecular flexibility index (Phi) is 7.86. The molecule has 1 N–H and O–H groups in total. The quantitative estimate of drug-likeness (QED) is 0.486. The van der Waals surface area contributed by atoms with Crippen LogP contribution in [0.2, 0.25) is 0 Å². The first kappa shape index (κ1) is 20.5. The number of carbonyl (C=O) groups is 2. The summed E-state index contributed by atoms with van der Waals surface area (Å²) in [5.74, 6) is 1.54. The van der Waals surface area contributed by atoms with Crippen LogP contribution < -0.4 is 14.8 Å². The number of amides is 1. The van der Waals surface area contributed by atoms with Gasteiger partial charge >= 0.3 is 0 Å². The minimum Gasteiger partial charge on any atom is -0.494 e. The van der Waals surface area contributed by atoms with Crippen LogP contribution in [0.1, 0.15) is 44.0 Å². The van der Waals surface area contributed by atoms with Crippen LogP contribution in [-0.2, 0) is 4.79 Å². The van der Waals surface area contributed by atoms with Gasteiger partial charge in [0.2, 0.25) is 5.91 Å². The van der Waals surface area contributed by atoms with E-state index in [4.69, 9.17) is 9.47 Å². The molecule has 2 aromatic rings. The van der Waals surface area contributed by atoms with Crippen molar-refractivity contribution in [3.8, 4) is 11.5 Å². The topological polar surface area (TPSA) is 64.6 Å². The molecule has 5 heteroatoms. The molecule has 0 unspecified atom stereocenters. The highest BCUT2D eigenvalue weighted by atomic mass is 16.5. The molecule has 2 aromatic carbocycles. The van der Waals surface area contributed by atoms with Gasteiger partial charge in [0.05, 0.1) is 13.2 Å². The fourth-order valence-electron chi connectivity index (χ4n) is 2.50. The molecular formula is C22H27NO4. The lowest BCUT2D eigenvalue weighted by molar-refractivity contribution is -0.116. The predicted octanol–water partition coefficient (Wildman–Crippen LogP) is 4.72. The number of benzene rings is 2. The first-order valence-electron chi connectivity index (χ1n) is 9.29. The van der Waals surface area contributed by atoms with Gasteiger partial charge < -0.3 is 14.8 Å². The molecule has 0 aliphatic carbocycles. The monoisotopic (exact) mass is 369 g/mol. The molecule has 0 heterocycles. The Hall–Kier alpha value is -2.82. The van der Waals surface area contributed by atoms with Crippen molar-refractivity contribution in [1.82, 2.24) is 0 Å². The molecule has 0 atom stereocenters. The second-order valence-corrected chi connectivity index (χ2v) is 6.50. The van der Waals surface area contributed by atoms with Gasteiger partial charge in [-0.25, -0.2) is 0 Å². The molecule has 0 aromatic heterocycles. The number of hydrogen-bond donors (Lipinski definition) is 1. The van der Waals surface area contributed by atoms with Crippen molar-refractivity contribution < 1.29 is 19.1 Å². The predicted molar refractivity (Wildman–Crippen MR) is 107 cm³/mol.